The lowest BCUT2D eigenvalue weighted by Gasteiger charge is -2.24. The van der Waals surface area contributed by atoms with Crippen molar-refractivity contribution in [2.45, 2.75) is 13.0 Å². The van der Waals surface area contributed by atoms with Crippen LogP contribution >= 0.6 is 12.2 Å². The molecule has 0 atom stereocenters. The highest BCUT2D eigenvalue weighted by molar-refractivity contribution is 7.80. The van der Waals surface area contributed by atoms with Gasteiger partial charge in [-0.05, 0) is 18.7 Å². The number of thiocarbonyl (C=S) groups is 1. The minimum absolute atomic E-state index is 0.160. The summed E-state index contributed by atoms with van der Waals surface area (Å²) in [6, 6.07) is 1.81. The number of rotatable bonds is 1. The molecule has 80 valence electrons. The standard InChI is InChI=1S/C10H13N3OS/c1-13-3-2-8-6(5-13)4-7(9(11)15)10(14)12-8/h4H,2-3,5H2,1H3,(H2,11,15)(H,12,14). The molecule has 0 saturated carbocycles. The molecule has 0 saturated heterocycles. The first kappa shape index (κ1) is 10.3. The number of H-pyrrole nitrogens is 1. The van der Waals surface area contributed by atoms with E-state index in [4.69, 9.17) is 18.0 Å². The van der Waals surface area contributed by atoms with E-state index in [9.17, 15) is 4.79 Å². The Morgan fingerprint density at radius 3 is 3.07 bits per heavy atom. The Labute approximate surface area is 93.1 Å². The van der Waals surface area contributed by atoms with Crippen LogP contribution in [0.4, 0.5) is 0 Å². The first-order valence-corrected chi connectivity index (χ1v) is 5.22. The molecule has 0 aromatic carbocycles. The highest BCUT2D eigenvalue weighted by Gasteiger charge is 2.16. The normalized spacial score (nSPS) is 16.1. The van der Waals surface area contributed by atoms with Gasteiger partial charge in [0.15, 0.2) is 0 Å². The number of likely N-dealkylation sites (N-methyl/N-ethyl adjacent to an activating group) is 1. The van der Waals surface area contributed by atoms with Crippen molar-refractivity contribution < 1.29 is 0 Å². The molecule has 4 nitrogen and oxygen atoms in total. The lowest BCUT2D eigenvalue weighted by Crippen LogP contribution is -2.32. The second-order valence-electron chi connectivity index (χ2n) is 3.87. The van der Waals surface area contributed by atoms with E-state index >= 15 is 0 Å². The van der Waals surface area contributed by atoms with Gasteiger partial charge in [-0.15, -0.1) is 0 Å². The van der Waals surface area contributed by atoms with Gasteiger partial charge in [-0.25, -0.2) is 0 Å². The van der Waals surface area contributed by atoms with Crippen molar-refractivity contribution in [2.75, 3.05) is 13.6 Å². The van der Waals surface area contributed by atoms with Gasteiger partial charge >= 0.3 is 0 Å². The SMILES string of the molecule is CN1CCc2[nH]c(=O)c(C(N)=S)cc2C1. The number of hydrogen-bond donors (Lipinski definition) is 2. The van der Waals surface area contributed by atoms with E-state index in [1.54, 1.807) is 0 Å². The molecule has 2 heterocycles. The molecule has 0 spiro atoms. The van der Waals surface area contributed by atoms with Crippen LogP contribution in [0.1, 0.15) is 16.8 Å². The molecular formula is C10H13N3OS. The van der Waals surface area contributed by atoms with Crippen molar-refractivity contribution in [3.63, 3.8) is 0 Å². The predicted octanol–water partition coefficient (Wildman–Crippen LogP) is -0.00300. The van der Waals surface area contributed by atoms with Gasteiger partial charge in [0, 0.05) is 25.2 Å². The van der Waals surface area contributed by atoms with Gasteiger partial charge in [0.25, 0.3) is 5.56 Å². The van der Waals surface area contributed by atoms with Gasteiger partial charge in [0.05, 0.1) is 5.56 Å². The van der Waals surface area contributed by atoms with E-state index < -0.39 is 0 Å². The summed E-state index contributed by atoms with van der Waals surface area (Å²) in [4.78, 5) is 16.8. The number of nitrogens with one attached hydrogen (secondary N) is 1. The van der Waals surface area contributed by atoms with Gasteiger partial charge in [-0.1, -0.05) is 12.2 Å². The van der Waals surface area contributed by atoms with Crippen molar-refractivity contribution >= 4 is 17.2 Å². The highest BCUT2D eigenvalue weighted by Crippen LogP contribution is 2.14. The monoisotopic (exact) mass is 223 g/mol. The molecule has 0 unspecified atom stereocenters. The average Bonchev–Trinajstić information content (AvgIpc) is 2.17. The summed E-state index contributed by atoms with van der Waals surface area (Å²) in [5, 5.41) is 0. The number of aromatic amines is 1. The maximum atomic E-state index is 11.6. The molecule has 0 amide bonds. The number of fused-ring (bicyclic) bond motifs is 1. The first-order chi connectivity index (χ1) is 7.08. The highest BCUT2D eigenvalue weighted by atomic mass is 32.1. The van der Waals surface area contributed by atoms with Crippen molar-refractivity contribution in [2.24, 2.45) is 5.73 Å². The number of nitrogens with zero attached hydrogens (tertiary/aromatic N) is 1. The number of nitrogens with two attached hydrogens (primary N) is 1. The predicted molar refractivity (Wildman–Crippen MR) is 63.0 cm³/mol. The second-order valence-corrected chi connectivity index (χ2v) is 4.31. The summed E-state index contributed by atoms with van der Waals surface area (Å²) in [6.45, 7) is 1.80. The molecule has 1 aromatic heterocycles. The van der Waals surface area contributed by atoms with Crippen molar-refractivity contribution in [1.82, 2.24) is 9.88 Å². The Balaban J connectivity index is 2.52. The largest absolute Gasteiger partial charge is 0.389 e. The zero-order chi connectivity index (χ0) is 11.0. The van der Waals surface area contributed by atoms with E-state index in [1.807, 2.05) is 6.07 Å². The summed E-state index contributed by atoms with van der Waals surface area (Å²) in [7, 11) is 2.05. The van der Waals surface area contributed by atoms with Crippen LogP contribution in [0.15, 0.2) is 10.9 Å². The molecule has 0 fully saturated rings. The summed E-state index contributed by atoms with van der Waals surface area (Å²) in [6.07, 6.45) is 0.874. The molecule has 2 rings (SSSR count). The summed E-state index contributed by atoms with van der Waals surface area (Å²) < 4.78 is 0. The summed E-state index contributed by atoms with van der Waals surface area (Å²) in [5.74, 6) is 0. The second kappa shape index (κ2) is 3.75. The third kappa shape index (κ3) is 1.93. The van der Waals surface area contributed by atoms with Crippen LogP contribution in [-0.4, -0.2) is 28.5 Å². The van der Waals surface area contributed by atoms with Crippen LogP contribution in [0.2, 0.25) is 0 Å². The maximum Gasteiger partial charge on any atom is 0.258 e. The fourth-order valence-electron chi connectivity index (χ4n) is 1.83. The third-order valence-corrected chi connectivity index (χ3v) is 2.88. The molecule has 5 heteroatoms. The third-order valence-electron chi connectivity index (χ3n) is 2.66. The molecule has 3 N–H and O–H groups in total. The average molecular weight is 223 g/mol. The molecule has 0 radical (unpaired) electrons. The number of aromatic nitrogens is 1. The van der Waals surface area contributed by atoms with E-state index in [2.05, 4.69) is 16.9 Å². The zero-order valence-electron chi connectivity index (χ0n) is 8.54. The van der Waals surface area contributed by atoms with Crippen molar-refractivity contribution in [3.8, 4) is 0 Å². The smallest absolute Gasteiger partial charge is 0.258 e. The van der Waals surface area contributed by atoms with Gasteiger partial charge < -0.3 is 15.6 Å². The number of hydrogen-bond acceptors (Lipinski definition) is 3. The molecule has 0 bridgehead atoms. The van der Waals surface area contributed by atoms with E-state index in [0.717, 1.165) is 30.8 Å². The van der Waals surface area contributed by atoms with Gasteiger partial charge in [0.1, 0.15) is 4.99 Å². The van der Waals surface area contributed by atoms with Gasteiger partial charge in [-0.2, -0.15) is 0 Å². The molecule has 1 aliphatic rings. The molecule has 15 heavy (non-hydrogen) atoms. The van der Waals surface area contributed by atoms with Crippen LogP contribution in [-0.2, 0) is 13.0 Å². The molecule has 1 aliphatic heterocycles. The van der Waals surface area contributed by atoms with Crippen LogP contribution < -0.4 is 11.3 Å². The Morgan fingerprint density at radius 2 is 2.40 bits per heavy atom. The first-order valence-electron chi connectivity index (χ1n) is 4.81. The molecule has 0 aliphatic carbocycles. The van der Waals surface area contributed by atoms with Crippen molar-refractivity contribution in [3.05, 3.63) is 33.2 Å². The van der Waals surface area contributed by atoms with Crippen LogP contribution in [0.3, 0.4) is 0 Å². The van der Waals surface area contributed by atoms with Crippen LogP contribution in [0.25, 0.3) is 0 Å². The summed E-state index contributed by atoms with van der Waals surface area (Å²) in [5.41, 5.74) is 7.85. The lowest BCUT2D eigenvalue weighted by atomic mass is 10.0. The van der Waals surface area contributed by atoms with Gasteiger partial charge in [-0.3, -0.25) is 4.79 Å². The summed E-state index contributed by atoms with van der Waals surface area (Å²) >= 11 is 4.83. The van der Waals surface area contributed by atoms with Gasteiger partial charge in [0.2, 0.25) is 0 Å². The zero-order valence-corrected chi connectivity index (χ0v) is 9.36. The lowest BCUT2D eigenvalue weighted by molar-refractivity contribution is 0.309. The topological polar surface area (TPSA) is 62.1 Å². The minimum atomic E-state index is -0.175. The quantitative estimate of drug-likeness (QED) is 0.658. The Bertz CT molecular complexity index is 466. The molecule has 1 aromatic rings. The minimum Gasteiger partial charge on any atom is -0.389 e. The van der Waals surface area contributed by atoms with Crippen molar-refractivity contribution in [1.29, 1.82) is 0 Å². The van der Waals surface area contributed by atoms with Crippen LogP contribution in [0.5, 0.6) is 0 Å². The van der Waals surface area contributed by atoms with E-state index in [0.29, 0.717) is 5.56 Å². The Morgan fingerprint density at radius 1 is 1.67 bits per heavy atom. The maximum absolute atomic E-state index is 11.6. The fraction of sp³-hybridized carbons (Fsp3) is 0.400. The van der Waals surface area contributed by atoms with E-state index in [-0.39, 0.29) is 10.5 Å². The van der Waals surface area contributed by atoms with E-state index in [1.165, 1.54) is 0 Å². The van der Waals surface area contributed by atoms with Crippen LogP contribution in [0, 0.1) is 0 Å². The Hall–Kier alpha value is -1.20. The molecular weight excluding hydrogens is 210 g/mol. The Kier molecular flexibility index (Phi) is 2.58. The fourth-order valence-corrected chi connectivity index (χ4v) is 1.98. The number of pyridine rings is 1.